The first kappa shape index (κ1) is 12.1. The molecule has 2 aromatic rings. The zero-order valence-electron chi connectivity index (χ0n) is 10.2. The molecule has 1 unspecified atom stereocenters. The van der Waals surface area contributed by atoms with Gasteiger partial charge in [0.2, 0.25) is 0 Å². The predicted molar refractivity (Wildman–Crippen MR) is 70.3 cm³/mol. The molecule has 17 heavy (non-hydrogen) atoms. The van der Waals surface area contributed by atoms with Crippen molar-refractivity contribution in [2.75, 3.05) is 7.05 Å². The Balaban J connectivity index is 2.42. The summed E-state index contributed by atoms with van der Waals surface area (Å²) in [6.07, 6.45) is 1.80. The Hall–Kier alpha value is -1.32. The fourth-order valence-corrected chi connectivity index (χ4v) is 2.13. The zero-order valence-corrected chi connectivity index (χ0v) is 11.0. The Morgan fingerprint density at radius 2 is 2.12 bits per heavy atom. The lowest BCUT2D eigenvalue weighted by Gasteiger charge is -2.17. The molecular formula is C13H16ClN3. The van der Waals surface area contributed by atoms with Gasteiger partial charge >= 0.3 is 0 Å². The van der Waals surface area contributed by atoms with Gasteiger partial charge in [0.1, 0.15) is 0 Å². The molecule has 1 heterocycles. The summed E-state index contributed by atoms with van der Waals surface area (Å²) in [5.74, 6) is 0. The van der Waals surface area contributed by atoms with Crippen LogP contribution in [0, 0.1) is 6.92 Å². The van der Waals surface area contributed by atoms with Crippen molar-refractivity contribution in [3.63, 3.8) is 0 Å². The van der Waals surface area contributed by atoms with E-state index in [1.807, 2.05) is 43.9 Å². The summed E-state index contributed by atoms with van der Waals surface area (Å²) < 4.78 is 1.87. The van der Waals surface area contributed by atoms with E-state index >= 15 is 0 Å². The second kappa shape index (κ2) is 4.90. The van der Waals surface area contributed by atoms with Gasteiger partial charge in [-0.05, 0) is 37.2 Å². The Morgan fingerprint density at radius 1 is 1.35 bits per heavy atom. The zero-order chi connectivity index (χ0) is 12.4. The summed E-state index contributed by atoms with van der Waals surface area (Å²) in [6.45, 7) is 2.00. The van der Waals surface area contributed by atoms with Crippen molar-refractivity contribution in [2.24, 2.45) is 7.05 Å². The molecular weight excluding hydrogens is 234 g/mol. The largest absolute Gasteiger partial charge is 0.308 e. The van der Waals surface area contributed by atoms with Gasteiger partial charge in [0.05, 0.1) is 11.7 Å². The Morgan fingerprint density at radius 3 is 2.65 bits per heavy atom. The number of aryl methyl sites for hydroxylation is 2. The van der Waals surface area contributed by atoms with Gasteiger partial charge in [0.15, 0.2) is 0 Å². The molecule has 0 amide bonds. The molecule has 0 fully saturated rings. The Labute approximate surface area is 106 Å². The van der Waals surface area contributed by atoms with Gasteiger partial charge in [-0.25, -0.2) is 0 Å². The van der Waals surface area contributed by atoms with E-state index in [1.54, 1.807) is 6.20 Å². The molecule has 1 atom stereocenters. The quantitative estimate of drug-likeness (QED) is 0.907. The third-order valence-electron chi connectivity index (χ3n) is 2.97. The third kappa shape index (κ3) is 2.35. The number of rotatable bonds is 3. The van der Waals surface area contributed by atoms with Gasteiger partial charge in [-0.3, -0.25) is 4.68 Å². The molecule has 1 aromatic heterocycles. The standard InChI is InChI=1S/C13H16ClN3/c1-9-4-5-10(8-11(9)14)13(15-2)12-6-7-16-17(12)3/h4-8,13,15H,1-3H3. The number of nitrogens with zero attached hydrogens (tertiary/aromatic N) is 2. The van der Waals surface area contributed by atoms with Gasteiger partial charge in [-0.15, -0.1) is 0 Å². The van der Waals surface area contributed by atoms with Crippen LogP contribution in [0.2, 0.25) is 5.02 Å². The molecule has 0 aliphatic heterocycles. The second-order valence-corrected chi connectivity index (χ2v) is 4.52. The van der Waals surface area contributed by atoms with Crippen LogP contribution < -0.4 is 5.32 Å². The van der Waals surface area contributed by atoms with E-state index in [2.05, 4.69) is 16.5 Å². The minimum absolute atomic E-state index is 0.112. The lowest BCUT2D eigenvalue weighted by molar-refractivity contribution is 0.606. The van der Waals surface area contributed by atoms with E-state index in [-0.39, 0.29) is 6.04 Å². The van der Waals surface area contributed by atoms with Gasteiger partial charge < -0.3 is 5.32 Å². The normalized spacial score (nSPS) is 12.7. The van der Waals surface area contributed by atoms with Crippen LogP contribution in [0.1, 0.15) is 22.9 Å². The van der Waals surface area contributed by atoms with Crippen LogP contribution in [0.4, 0.5) is 0 Å². The maximum Gasteiger partial charge on any atom is 0.0746 e. The van der Waals surface area contributed by atoms with Gasteiger partial charge in [0, 0.05) is 18.3 Å². The van der Waals surface area contributed by atoms with Crippen LogP contribution in [-0.4, -0.2) is 16.8 Å². The summed E-state index contributed by atoms with van der Waals surface area (Å²) >= 11 is 6.17. The smallest absolute Gasteiger partial charge is 0.0746 e. The number of nitrogens with one attached hydrogen (secondary N) is 1. The second-order valence-electron chi connectivity index (χ2n) is 4.11. The average Bonchev–Trinajstić information content (AvgIpc) is 2.71. The van der Waals surface area contributed by atoms with Gasteiger partial charge in [0.25, 0.3) is 0 Å². The van der Waals surface area contributed by atoms with Gasteiger partial charge in [-0.1, -0.05) is 23.7 Å². The van der Waals surface area contributed by atoms with E-state index in [9.17, 15) is 0 Å². The molecule has 1 N–H and O–H groups in total. The molecule has 0 spiro atoms. The summed E-state index contributed by atoms with van der Waals surface area (Å²) in [7, 11) is 3.88. The highest BCUT2D eigenvalue weighted by atomic mass is 35.5. The van der Waals surface area contributed by atoms with Gasteiger partial charge in [-0.2, -0.15) is 5.10 Å². The highest BCUT2D eigenvalue weighted by molar-refractivity contribution is 6.31. The first-order valence-electron chi connectivity index (χ1n) is 5.54. The summed E-state index contributed by atoms with van der Waals surface area (Å²) in [6, 6.07) is 8.26. The number of hydrogen-bond donors (Lipinski definition) is 1. The monoisotopic (exact) mass is 249 g/mol. The maximum absolute atomic E-state index is 6.17. The van der Waals surface area contributed by atoms with E-state index < -0.39 is 0 Å². The molecule has 2 rings (SSSR count). The molecule has 3 nitrogen and oxygen atoms in total. The predicted octanol–water partition coefficient (Wildman–Crippen LogP) is 2.69. The van der Waals surface area contributed by atoms with Crippen molar-refractivity contribution < 1.29 is 0 Å². The van der Waals surface area contributed by atoms with E-state index in [4.69, 9.17) is 11.6 Å². The first-order valence-corrected chi connectivity index (χ1v) is 5.92. The van der Waals surface area contributed by atoms with Crippen LogP contribution in [0.25, 0.3) is 0 Å². The molecule has 0 aliphatic rings. The summed E-state index contributed by atoms with van der Waals surface area (Å²) in [4.78, 5) is 0. The number of hydrogen-bond acceptors (Lipinski definition) is 2. The van der Waals surface area contributed by atoms with Crippen LogP contribution >= 0.6 is 11.6 Å². The molecule has 0 saturated heterocycles. The van der Waals surface area contributed by atoms with Crippen LogP contribution in [0.5, 0.6) is 0 Å². The molecule has 90 valence electrons. The fraction of sp³-hybridized carbons (Fsp3) is 0.308. The SMILES string of the molecule is CNC(c1ccc(C)c(Cl)c1)c1ccnn1C. The highest BCUT2D eigenvalue weighted by Crippen LogP contribution is 2.25. The fourth-order valence-electron chi connectivity index (χ4n) is 1.94. The van der Waals surface area contributed by atoms with Crippen molar-refractivity contribution in [3.8, 4) is 0 Å². The van der Waals surface area contributed by atoms with Crippen molar-refractivity contribution in [1.82, 2.24) is 15.1 Å². The molecule has 0 bridgehead atoms. The first-order chi connectivity index (χ1) is 8.13. The number of benzene rings is 1. The van der Waals surface area contributed by atoms with E-state index in [0.717, 1.165) is 21.8 Å². The lowest BCUT2D eigenvalue weighted by Crippen LogP contribution is -2.20. The minimum atomic E-state index is 0.112. The van der Waals surface area contributed by atoms with Crippen LogP contribution in [0.3, 0.4) is 0 Å². The van der Waals surface area contributed by atoms with Crippen molar-refractivity contribution in [3.05, 3.63) is 52.3 Å². The van der Waals surface area contributed by atoms with E-state index in [1.165, 1.54) is 0 Å². The Kier molecular flexibility index (Phi) is 3.50. The maximum atomic E-state index is 6.17. The summed E-state index contributed by atoms with van der Waals surface area (Å²) in [5, 5.41) is 8.28. The van der Waals surface area contributed by atoms with Crippen molar-refractivity contribution in [1.29, 1.82) is 0 Å². The summed E-state index contributed by atoms with van der Waals surface area (Å²) in [5.41, 5.74) is 3.36. The highest BCUT2D eigenvalue weighted by Gasteiger charge is 2.15. The lowest BCUT2D eigenvalue weighted by atomic mass is 10.0. The Bertz CT molecular complexity index is 519. The topological polar surface area (TPSA) is 29.9 Å². The minimum Gasteiger partial charge on any atom is -0.308 e. The number of halogens is 1. The number of aromatic nitrogens is 2. The molecule has 0 radical (unpaired) electrons. The van der Waals surface area contributed by atoms with Crippen molar-refractivity contribution in [2.45, 2.75) is 13.0 Å². The molecule has 1 aromatic carbocycles. The third-order valence-corrected chi connectivity index (χ3v) is 3.38. The molecule has 0 saturated carbocycles. The molecule has 0 aliphatic carbocycles. The van der Waals surface area contributed by atoms with E-state index in [0.29, 0.717) is 0 Å². The average molecular weight is 250 g/mol. The van der Waals surface area contributed by atoms with Crippen molar-refractivity contribution >= 4 is 11.6 Å². The van der Waals surface area contributed by atoms with Crippen LogP contribution in [-0.2, 0) is 7.05 Å². The van der Waals surface area contributed by atoms with Crippen LogP contribution in [0.15, 0.2) is 30.5 Å². The molecule has 4 heteroatoms.